The fraction of sp³-hybridized carbons (Fsp3) is 0.556. The maximum atomic E-state index is 14.4. The highest BCUT2D eigenvalue weighted by atomic mass is 19.1. The second-order valence-corrected chi connectivity index (χ2v) is 13.3. The number of likely N-dealkylation sites (tertiary alicyclic amines) is 1. The number of rotatable bonds is 10. The number of hydrogen-bond acceptors (Lipinski definition) is 4. The quantitative estimate of drug-likeness (QED) is 0.286. The minimum absolute atomic E-state index is 0.187. The molecule has 0 spiro atoms. The Hall–Kier alpha value is -3.03. The van der Waals surface area contributed by atoms with Crippen LogP contribution in [0.25, 0.3) is 0 Å². The van der Waals surface area contributed by atoms with E-state index >= 15 is 0 Å². The molecule has 1 saturated heterocycles. The number of likely N-dealkylation sites (N-methyl/N-ethyl adjacent to an activating group) is 1. The number of aromatic nitrogens is 2. The average molecular weight is 587 g/mol. The Morgan fingerprint density at radius 3 is 2.47 bits per heavy atom. The van der Waals surface area contributed by atoms with Crippen molar-refractivity contribution >= 4 is 5.97 Å². The molecule has 6 rings (SSSR count). The van der Waals surface area contributed by atoms with Crippen LogP contribution in [0.4, 0.5) is 4.39 Å². The molecule has 7 heteroatoms. The lowest BCUT2D eigenvalue weighted by Crippen LogP contribution is -2.54. The standard InChI is InChI=1S/C36H47FN4O2/c1-3-41-34(23-31(38-41)20-26-10-5-4-6-11-26)27-14-18-40(19-15-27)25-29-22-32(24-33(29)28-12-9-13-30(37)21-28)39(2)36(35(42)43)16-7-8-17-36/h4-6,9-13,21,23,27,29,32-33H,3,7-8,14-20,22,24-25H2,1-2H3,(H,42,43)/t29-,32?,33-/m1/s1. The maximum Gasteiger partial charge on any atom is 0.324 e. The topological polar surface area (TPSA) is 61.6 Å². The predicted octanol–water partition coefficient (Wildman–Crippen LogP) is 6.70. The smallest absolute Gasteiger partial charge is 0.324 e. The normalized spacial score (nSPS) is 24.6. The van der Waals surface area contributed by atoms with Gasteiger partial charge in [0.1, 0.15) is 11.4 Å². The summed E-state index contributed by atoms with van der Waals surface area (Å²) in [6.45, 7) is 6.12. The van der Waals surface area contributed by atoms with Gasteiger partial charge in [-0.3, -0.25) is 14.4 Å². The lowest BCUT2D eigenvalue weighted by atomic mass is 9.87. The van der Waals surface area contributed by atoms with Crippen molar-refractivity contribution in [3.8, 4) is 0 Å². The predicted molar refractivity (Wildman–Crippen MR) is 168 cm³/mol. The number of benzene rings is 2. The van der Waals surface area contributed by atoms with Crippen LogP contribution in [0.3, 0.4) is 0 Å². The summed E-state index contributed by atoms with van der Waals surface area (Å²) >= 11 is 0. The molecule has 3 aromatic rings. The van der Waals surface area contributed by atoms with E-state index in [1.807, 2.05) is 13.1 Å². The molecule has 1 aromatic heterocycles. The first kappa shape index (κ1) is 30.0. The number of hydrogen-bond donors (Lipinski definition) is 1. The van der Waals surface area contributed by atoms with Crippen molar-refractivity contribution in [2.75, 3.05) is 26.7 Å². The van der Waals surface area contributed by atoms with Crippen LogP contribution in [0.1, 0.15) is 92.6 Å². The molecule has 2 saturated carbocycles. The first-order valence-corrected chi connectivity index (χ1v) is 16.4. The summed E-state index contributed by atoms with van der Waals surface area (Å²) in [6, 6.07) is 20.2. The first-order chi connectivity index (χ1) is 20.9. The van der Waals surface area contributed by atoms with Crippen molar-refractivity contribution in [2.45, 2.75) is 94.7 Å². The van der Waals surface area contributed by atoms with Crippen LogP contribution in [0.15, 0.2) is 60.7 Å². The molecule has 6 nitrogen and oxygen atoms in total. The Labute approximate surface area is 255 Å². The van der Waals surface area contributed by atoms with Gasteiger partial charge < -0.3 is 10.0 Å². The molecule has 3 atom stereocenters. The summed E-state index contributed by atoms with van der Waals surface area (Å²) in [5.41, 5.74) is 4.10. The summed E-state index contributed by atoms with van der Waals surface area (Å²) in [4.78, 5) is 17.3. The minimum Gasteiger partial charge on any atom is -0.480 e. The van der Waals surface area contributed by atoms with E-state index in [1.165, 1.54) is 17.3 Å². The van der Waals surface area contributed by atoms with Crippen molar-refractivity contribution < 1.29 is 14.3 Å². The van der Waals surface area contributed by atoms with Crippen LogP contribution in [-0.2, 0) is 17.8 Å². The number of aliphatic carboxylic acids is 1. The van der Waals surface area contributed by atoms with E-state index in [1.54, 1.807) is 6.07 Å². The van der Waals surface area contributed by atoms with Gasteiger partial charge in [-0.1, -0.05) is 55.3 Å². The molecule has 2 aliphatic carbocycles. The van der Waals surface area contributed by atoms with Gasteiger partial charge in [0.2, 0.25) is 0 Å². The van der Waals surface area contributed by atoms with E-state index in [-0.39, 0.29) is 17.8 Å². The molecule has 2 aromatic carbocycles. The highest BCUT2D eigenvalue weighted by Crippen LogP contribution is 2.46. The fourth-order valence-electron chi connectivity index (χ4n) is 8.49. The molecular formula is C36H47FN4O2. The Bertz CT molecular complexity index is 1380. The summed E-state index contributed by atoms with van der Waals surface area (Å²) in [7, 11) is 2.03. The van der Waals surface area contributed by atoms with E-state index in [0.717, 1.165) is 95.2 Å². The number of carboxylic acids is 1. The van der Waals surface area contributed by atoms with Gasteiger partial charge in [-0.2, -0.15) is 5.10 Å². The van der Waals surface area contributed by atoms with Gasteiger partial charge >= 0.3 is 5.97 Å². The lowest BCUT2D eigenvalue weighted by Gasteiger charge is -2.39. The number of piperidine rings is 1. The summed E-state index contributed by atoms with van der Waals surface area (Å²) in [5, 5.41) is 15.2. The van der Waals surface area contributed by atoms with Gasteiger partial charge in [0, 0.05) is 37.2 Å². The number of halogens is 1. The third kappa shape index (κ3) is 6.30. The van der Waals surface area contributed by atoms with Crippen LogP contribution >= 0.6 is 0 Å². The molecular weight excluding hydrogens is 539 g/mol. The van der Waals surface area contributed by atoms with Gasteiger partial charge in [0.25, 0.3) is 0 Å². The van der Waals surface area contributed by atoms with Crippen molar-refractivity contribution in [2.24, 2.45) is 5.92 Å². The Morgan fingerprint density at radius 2 is 1.79 bits per heavy atom. The molecule has 0 radical (unpaired) electrons. The van der Waals surface area contributed by atoms with Crippen molar-refractivity contribution in [1.29, 1.82) is 0 Å². The Morgan fingerprint density at radius 1 is 1.05 bits per heavy atom. The molecule has 3 fully saturated rings. The fourth-order valence-corrected chi connectivity index (χ4v) is 8.49. The molecule has 43 heavy (non-hydrogen) atoms. The van der Waals surface area contributed by atoms with Crippen LogP contribution in [0.5, 0.6) is 0 Å². The average Bonchev–Trinajstić information content (AvgIpc) is 3.77. The van der Waals surface area contributed by atoms with Gasteiger partial charge in [-0.05, 0) is 107 Å². The van der Waals surface area contributed by atoms with Gasteiger partial charge in [0.05, 0.1) is 5.69 Å². The SMILES string of the molecule is CCn1nc(Cc2ccccc2)cc1C1CCN(C[C@H]2CC(N(C)C3(C(=O)O)CCCC3)C[C@@H]2c2cccc(F)c2)CC1. The third-order valence-corrected chi connectivity index (χ3v) is 10.9. The molecule has 0 amide bonds. The second-order valence-electron chi connectivity index (χ2n) is 13.3. The molecule has 1 aliphatic heterocycles. The van der Waals surface area contributed by atoms with Gasteiger partial charge in [-0.25, -0.2) is 4.39 Å². The zero-order chi connectivity index (χ0) is 30.0. The zero-order valence-corrected chi connectivity index (χ0v) is 25.8. The molecule has 1 unspecified atom stereocenters. The first-order valence-electron chi connectivity index (χ1n) is 16.4. The largest absolute Gasteiger partial charge is 0.480 e. The molecule has 0 bridgehead atoms. The van der Waals surface area contributed by atoms with E-state index < -0.39 is 11.5 Å². The molecule has 2 heterocycles. The van der Waals surface area contributed by atoms with E-state index in [0.29, 0.717) is 11.8 Å². The lowest BCUT2D eigenvalue weighted by molar-refractivity contribution is -0.152. The van der Waals surface area contributed by atoms with Crippen LogP contribution in [-0.4, -0.2) is 68.9 Å². The van der Waals surface area contributed by atoms with Crippen LogP contribution in [0.2, 0.25) is 0 Å². The highest BCUT2D eigenvalue weighted by molar-refractivity contribution is 5.79. The number of aryl methyl sites for hydroxylation is 1. The van der Waals surface area contributed by atoms with Gasteiger partial charge in [-0.15, -0.1) is 0 Å². The van der Waals surface area contributed by atoms with Crippen LogP contribution in [0, 0.1) is 11.7 Å². The number of carbonyl (C=O) groups is 1. The molecule has 230 valence electrons. The Balaban J connectivity index is 1.14. The Kier molecular flexibility index (Phi) is 9.01. The van der Waals surface area contributed by atoms with E-state index in [2.05, 4.69) is 63.9 Å². The molecule has 1 N–H and O–H groups in total. The summed E-state index contributed by atoms with van der Waals surface area (Å²) < 4.78 is 16.6. The highest BCUT2D eigenvalue weighted by Gasteiger charge is 2.50. The maximum absolute atomic E-state index is 14.4. The summed E-state index contributed by atoms with van der Waals surface area (Å²) in [6.07, 6.45) is 8.31. The van der Waals surface area contributed by atoms with Crippen molar-refractivity contribution in [1.82, 2.24) is 19.6 Å². The minimum atomic E-state index is -0.758. The monoisotopic (exact) mass is 586 g/mol. The number of carboxylic acid groups (broad SMARTS) is 1. The van der Waals surface area contributed by atoms with E-state index in [4.69, 9.17) is 5.10 Å². The summed E-state index contributed by atoms with van der Waals surface area (Å²) in [5.74, 6) is 0.240. The van der Waals surface area contributed by atoms with Crippen molar-refractivity contribution in [3.05, 3.63) is 89.0 Å². The second kappa shape index (κ2) is 12.9. The zero-order valence-electron chi connectivity index (χ0n) is 25.8. The number of nitrogens with zero attached hydrogens (tertiary/aromatic N) is 4. The third-order valence-electron chi connectivity index (χ3n) is 10.9. The van der Waals surface area contributed by atoms with E-state index in [9.17, 15) is 14.3 Å². The van der Waals surface area contributed by atoms with Gasteiger partial charge in [0.15, 0.2) is 0 Å². The molecule has 3 aliphatic rings. The van der Waals surface area contributed by atoms with Crippen LogP contribution < -0.4 is 0 Å². The van der Waals surface area contributed by atoms with Crippen molar-refractivity contribution in [3.63, 3.8) is 0 Å².